The van der Waals surface area contributed by atoms with Gasteiger partial charge in [-0.25, -0.2) is 4.39 Å². The highest BCUT2D eigenvalue weighted by atomic mass is 35.5. The Morgan fingerprint density at radius 1 is 1.16 bits per heavy atom. The molecule has 1 unspecified atom stereocenters. The second-order valence-electron chi connectivity index (χ2n) is 4.71. The van der Waals surface area contributed by atoms with Crippen molar-refractivity contribution in [3.05, 3.63) is 64.4 Å². The number of aliphatic hydroxyl groups is 1. The van der Waals surface area contributed by atoms with Gasteiger partial charge in [0, 0.05) is 6.42 Å². The first-order valence-corrected chi connectivity index (χ1v) is 6.23. The zero-order valence-corrected chi connectivity index (χ0v) is 11.2. The molecule has 0 saturated carbocycles. The Kier molecular flexibility index (Phi) is 3.78. The molecular weight excluding hydrogens is 267 g/mol. The molecule has 0 spiro atoms. The Morgan fingerprint density at radius 2 is 1.79 bits per heavy atom. The van der Waals surface area contributed by atoms with Crippen LogP contribution in [-0.4, -0.2) is 10.2 Å². The smallest absolute Gasteiger partial charge is 0.142 e. The van der Waals surface area contributed by atoms with Crippen LogP contribution in [0.4, 0.5) is 4.39 Å². The quantitative estimate of drug-likeness (QED) is 0.901. The van der Waals surface area contributed by atoms with Crippen LogP contribution in [0.15, 0.2) is 42.5 Å². The topological polar surface area (TPSA) is 40.5 Å². The average Bonchev–Trinajstić information content (AvgIpc) is 2.35. The fourth-order valence-electron chi connectivity index (χ4n) is 1.98. The minimum absolute atomic E-state index is 0.0292. The van der Waals surface area contributed by atoms with Crippen LogP contribution in [0, 0.1) is 5.82 Å². The lowest BCUT2D eigenvalue weighted by atomic mass is 9.89. The summed E-state index contributed by atoms with van der Waals surface area (Å²) >= 11 is 5.89. The summed E-state index contributed by atoms with van der Waals surface area (Å²) in [6.45, 7) is 1.63. The molecular formula is C15H14ClFO2. The number of phenolic OH excluding ortho intramolecular Hbond substituents is 1. The van der Waals surface area contributed by atoms with Gasteiger partial charge in [0.15, 0.2) is 0 Å². The van der Waals surface area contributed by atoms with Gasteiger partial charge in [-0.15, -0.1) is 0 Å². The average molecular weight is 281 g/mol. The van der Waals surface area contributed by atoms with Crippen molar-refractivity contribution in [1.29, 1.82) is 0 Å². The summed E-state index contributed by atoms with van der Waals surface area (Å²) in [5.74, 6) is -0.371. The predicted octanol–water partition coefficient (Wildman–Crippen LogP) is 3.63. The molecule has 2 rings (SSSR count). The molecule has 0 bridgehead atoms. The van der Waals surface area contributed by atoms with E-state index in [1.807, 2.05) is 0 Å². The largest absolute Gasteiger partial charge is 0.508 e. The van der Waals surface area contributed by atoms with E-state index < -0.39 is 11.4 Å². The summed E-state index contributed by atoms with van der Waals surface area (Å²) in [4.78, 5) is 0. The summed E-state index contributed by atoms with van der Waals surface area (Å²) in [5, 5.41) is 19.8. The van der Waals surface area contributed by atoms with E-state index in [9.17, 15) is 14.6 Å². The van der Waals surface area contributed by atoms with Gasteiger partial charge in [-0.2, -0.15) is 0 Å². The maximum atomic E-state index is 13.4. The molecule has 0 amide bonds. The summed E-state index contributed by atoms with van der Waals surface area (Å²) in [5.41, 5.74) is -0.0177. The molecule has 2 aromatic carbocycles. The summed E-state index contributed by atoms with van der Waals surface area (Å²) in [6, 6.07) is 10.8. The Bertz CT molecular complexity index is 579. The zero-order valence-electron chi connectivity index (χ0n) is 10.4. The van der Waals surface area contributed by atoms with E-state index in [4.69, 9.17) is 11.6 Å². The molecule has 0 radical (unpaired) electrons. The van der Waals surface area contributed by atoms with Gasteiger partial charge in [0.1, 0.15) is 11.6 Å². The predicted molar refractivity (Wildman–Crippen MR) is 72.8 cm³/mol. The Hall–Kier alpha value is -1.58. The van der Waals surface area contributed by atoms with Crippen molar-refractivity contribution in [2.24, 2.45) is 0 Å². The van der Waals surface area contributed by atoms with Gasteiger partial charge in [-0.3, -0.25) is 0 Å². The van der Waals surface area contributed by atoms with Gasteiger partial charge in [0.25, 0.3) is 0 Å². The van der Waals surface area contributed by atoms with Crippen LogP contribution < -0.4 is 0 Å². The Labute approximate surface area is 116 Å². The lowest BCUT2D eigenvalue weighted by Gasteiger charge is -2.24. The number of halogens is 2. The highest BCUT2D eigenvalue weighted by Gasteiger charge is 2.25. The molecule has 2 aromatic rings. The van der Waals surface area contributed by atoms with Gasteiger partial charge in [0.2, 0.25) is 0 Å². The fourth-order valence-corrected chi connectivity index (χ4v) is 2.17. The molecule has 0 aromatic heterocycles. The molecule has 0 heterocycles. The molecule has 0 fully saturated rings. The molecule has 0 saturated heterocycles. The summed E-state index contributed by atoms with van der Waals surface area (Å²) < 4.78 is 13.4. The fraction of sp³-hybridized carbons (Fsp3) is 0.200. The third-order valence-electron chi connectivity index (χ3n) is 3.06. The number of aromatic hydroxyl groups is 1. The molecule has 2 N–H and O–H groups in total. The van der Waals surface area contributed by atoms with Crippen molar-refractivity contribution in [3.63, 3.8) is 0 Å². The zero-order chi connectivity index (χ0) is 14.0. The Balaban J connectivity index is 2.30. The van der Waals surface area contributed by atoms with E-state index in [0.29, 0.717) is 11.1 Å². The van der Waals surface area contributed by atoms with Crippen molar-refractivity contribution in [3.8, 4) is 5.75 Å². The minimum atomic E-state index is -1.19. The Morgan fingerprint density at radius 3 is 2.42 bits per heavy atom. The van der Waals surface area contributed by atoms with Crippen LogP contribution in [0.3, 0.4) is 0 Å². The number of hydrogen-bond acceptors (Lipinski definition) is 2. The van der Waals surface area contributed by atoms with E-state index >= 15 is 0 Å². The highest BCUT2D eigenvalue weighted by Crippen LogP contribution is 2.30. The second-order valence-corrected chi connectivity index (χ2v) is 5.09. The number of phenols is 1. The molecule has 0 aliphatic rings. The first kappa shape index (κ1) is 13.8. The molecule has 0 aliphatic carbocycles. The number of rotatable bonds is 3. The van der Waals surface area contributed by atoms with Gasteiger partial charge < -0.3 is 10.2 Å². The van der Waals surface area contributed by atoms with Crippen molar-refractivity contribution in [2.45, 2.75) is 18.9 Å². The molecule has 2 nitrogen and oxygen atoms in total. The second kappa shape index (κ2) is 5.19. The van der Waals surface area contributed by atoms with Gasteiger partial charge in [-0.1, -0.05) is 35.9 Å². The van der Waals surface area contributed by atoms with Gasteiger partial charge >= 0.3 is 0 Å². The van der Waals surface area contributed by atoms with Crippen molar-refractivity contribution < 1.29 is 14.6 Å². The van der Waals surface area contributed by atoms with E-state index in [1.54, 1.807) is 31.2 Å². The van der Waals surface area contributed by atoms with E-state index in [0.717, 1.165) is 0 Å². The summed E-state index contributed by atoms with van der Waals surface area (Å²) in [6.07, 6.45) is 0.189. The lowest BCUT2D eigenvalue weighted by molar-refractivity contribution is 0.0575. The normalized spacial score (nSPS) is 14.1. The minimum Gasteiger partial charge on any atom is -0.508 e. The first-order chi connectivity index (χ1) is 8.90. The van der Waals surface area contributed by atoms with Crippen molar-refractivity contribution in [1.82, 2.24) is 0 Å². The van der Waals surface area contributed by atoms with E-state index in [1.165, 1.54) is 18.2 Å². The first-order valence-electron chi connectivity index (χ1n) is 5.85. The van der Waals surface area contributed by atoms with Crippen LogP contribution in [0.5, 0.6) is 5.75 Å². The lowest BCUT2D eigenvalue weighted by Crippen LogP contribution is -2.24. The van der Waals surface area contributed by atoms with Crippen molar-refractivity contribution >= 4 is 11.6 Å². The molecule has 100 valence electrons. The molecule has 19 heavy (non-hydrogen) atoms. The third-order valence-corrected chi connectivity index (χ3v) is 3.48. The maximum absolute atomic E-state index is 13.4. The SMILES string of the molecule is CC(O)(Cc1cccc(F)c1Cl)c1ccc(O)cc1. The van der Waals surface area contributed by atoms with Crippen LogP contribution in [0.25, 0.3) is 0 Å². The molecule has 1 atom stereocenters. The highest BCUT2D eigenvalue weighted by molar-refractivity contribution is 6.31. The summed E-state index contributed by atoms with van der Waals surface area (Å²) in [7, 11) is 0. The van der Waals surface area contributed by atoms with Crippen molar-refractivity contribution in [2.75, 3.05) is 0 Å². The van der Waals surface area contributed by atoms with Crippen LogP contribution in [-0.2, 0) is 12.0 Å². The van der Waals surface area contributed by atoms with Crippen LogP contribution >= 0.6 is 11.6 Å². The van der Waals surface area contributed by atoms with E-state index in [2.05, 4.69) is 0 Å². The molecule has 4 heteroatoms. The molecule has 0 aliphatic heterocycles. The van der Waals surface area contributed by atoms with Gasteiger partial charge in [0.05, 0.1) is 10.6 Å². The van der Waals surface area contributed by atoms with E-state index in [-0.39, 0.29) is 17.2 Å². The standard InChI is InChI=1S/C15H14ClFO2/c1-15(19,11-5-7-12(18)8-6-11)9-10-3-2-4-13(17)14(10)16/h2-8,18-19H,9H2,1H3. The van der Waals surface area contributed by atoms with Crippen LogP contribution in [0.2, 0.25) is 5.02 Å². The number of benzene rings is 2. The van der Waals surface area contributed by atoms with Crippen LogP contribution in [0.1, 0.15) is 18.1 Å². The maximum Gasteiger partial charge on any atom is 0.142 e. The number of hydrogen-bond donors (Lipinski definition) is 2. The monoisotopic (exact) mass is 280 g/mol. The van der Waals surface area contributed by atoms with Gasteiger partial charge in [-0.05, 0) is 36.2 Å². The third kappa shape index (κ3) is 3.06.